The lowest BCUT2D eigenvalue weighted by molar-refractivity contribution is -0.137. The zero-order chi connectivity index (χ0) is 25.3. The number of carbonyl (C=O) groups is 2. The van der Waals surface area contributed by atoms with Crippen LogP contribution in [-0.2, 0) is 9.53 Å². The van der Waals surface area contributed by atoms with Crippen molar-refractivity contribution >= 4 is 23.3 Å². The van der Waals surface area contributed by atoms with Gasteiger partial charge in [0.2, 0.25) is 0 Å². The zero-order valence-corrected chi connectivity index (χ0v) is 20.0. The Morgan fingerprint density at radius 3 is 2.03 bits per heavy atom. The van der Waals surface area contributed by atoms with Crippen molar-refractivity contribution in [2.75, 3.05) is 13.2 Å². The van der Waals surface area contributed by atoms with Gasteiger partial charge in [-0.25, -0.2) is 14.0 Å². The molecule has 188 valence electrons. The number of nitrogens with zero attached hydrogens (tertiary/aromatic N) is 2. The minimum atomic E-state index is -1.02. The van der Waals surface area contributed by atoms with Crippen LogP contribution in [0.2, 0.25) is 0 Å². The normalized spacial score (nSPS) is 10.9. The Kier molecular flexibility index (Phi) is 12.8. The fourth-order valence-corrected chi connectivity index (χ4v) is 3.30. The van der Waals surface area contributed by atoms with Crippen molar-refractivity contribution in [1.29, 1.82) is 0 Å². The third kappa shape index (κ3) is 11.4. The first-order chi connectivity index (χ1) is 17.0. The standard InChI is InChI=1S/C27H33FN2O5/c1-2-26(31)35-19-11-9-7-5-3-4-6-8-10-18-34-23-16-17-25(24(28)20-23)30-29-22-14-12-21(13-15-22)27(32)33/h2,12-17,20H,1,3-11,18-19H2,(H,32,33). The number of rotatable bonds is 17. The van der Waals surface area contributed by atoms with Crippen molar-refractivity contribution in [3.63, 3.8) is 0 Å². The van der Waals surface area contributed by atoms with Gasteiger partial charge in [-0.3, -0.25) is 0 Å². The number of hydrogen-bond donors (Lipinski definition) is 1. The van der Waals surface area contributed by atoms with Crippen LogP contribution in [0, 0.1) is 5.82 Å². The molecular weight excluding hydrogens is 451 g/mol. The molecule has 2 rings (SSSR count). The van der Waals surface area contributed by atoms with Gasteiger partial charge in [0.05, 0.1) is 24.5 Å². The molecular formula is C27H33FN2O5. The molecule has 0 fully saturated rings. The second-order valence-electron chi connectivity index (χ2n) is 8.07. The van der Waals surface area contributed by atoms with E-state index in [1.165, 1.54) is 61.7 Å². The van der Waals surface area contributed by atoms with E-state index in [-0.39, 0.29) is 17.2 Å². The van der Waals surface area contributed by atoms with E-state index >= 15 is 0 Å². The van der Waals surface area contributed by atoms with E-state index in [4.69, 9.17) is 14.6 Å². The topological polar surface area (TPSA) is 97.5 Å². The van der Waals surface area contributed by atoms with Crippen molar-refractivity contribution in [2.45, 2.75) is 57.8 Å². The number of esters is 1. The van der Waals surface area contributed by atoms with Gasteiger partial charge in [0, 0.05) is 12.1 Å². The molecule has 0 unspecified atom stereocenters. The third-order valence-corrected chi connectivity index (χ3v) is 5.27. The lowest BCUT2D eigenvalue weighted by Gasteiger charge is -2.07. The molecule has 0 spiro atoms. The molecule has 8 heteroatoms. The lowest BCUT2D eigenvalue weighted by Crippen LogP contribution is -2.01. The van der Waals surface area contributed by atoms with Gasteiger partial charge in [0.1, 0.15) is 11.4 Å². The highest BCUT2D eigenvalue weighted by Gasteiger charge is 2.05. The van der Waals surface area contributed by atoms with Gasteiger partial charge < -0.3 is 14.6 Å². The summed E-state index contributed by atoms with van der Waals surface area (Å²) in [5.74, 6) is -1.47. The Labute approximate surface area is 205 Å². The van der Waals surface area contributed by atoms with E-state index in [0.717, 1.165) is 38.5 Å². The molecule has 35 heavy (non-hydrogen) atoms. The molecule has 0 heterocycles. The summed E-state index contributed by atoms with van der Waals surface area (Å²) >= 11 is 0. The van der Waals surface area contributed by atoms with Crippen LogP contribution in [0.3, 0.4) is 0 Å². The van der Waals surface area contributed by atoms with Crippen LogP contribution in [0.1, 0.15) is 68.1 Å². The molecule has 1 N–H and O–H groups in total. The summed E-state index contributed by atoms with van der Waals surface area (Å²) in [5, 5.41) is 16.7. The number of aromatic carboxylic acids is 1. The Morgan fingerprint density at radius 2 is 1.46 bits per heavy atom. The van der Waals surface area contributed by atoms with Gasteiger partial charge in [-0.05, 0) is 49.2 Å². The third-order valence-electron chi connectivity index (χ3n) is 5.27. The maximum Gasteiger partial charge on any atom is 0.335 e. The van der Waals surface area contributed by atoms with Crippen LogP contribution < -0.4 is 4.74 Å². The molecule has 0 radical (unpaired) electrons. The molecule has 0 amide bonds. The number of unbranched alkanes of at least 4 members (excludes halogenated alkanes) is 8. The molecule has 0 saturated carbocycles. The second kappa shape index (κ2) is 16.1. The molecule has 0 aromatic heterocycles. The van der Waals surface area contributed by atoms with E-state index in [2.05, 4.69) is 16.8 Å². The van der Waals surface area contributed by atoms with Crippen molar-refractivity contribution in [3.05, 3.63) is 66.5 Å². The molecule has 7 nitrogen and oxygen atoms in total. The summed E-state index contributed by atoms with van der Waals surface area (Å²) in [6.07, 6.45) is 11.0. The highest BCUT2D eigenvalue weighted by atomic mass is 19.1. The molecule has 0 atom stereocenters. The first-order valence-corrected chi connectivity index (χ1v) is 12.0. The highest BCUT2D eigenvalue weighted by Crippen LogP contribution is 2.25. The minimum absolute atomic E-state index is 0.0810. The van der Waals surface area contributed by atoms with Crippen molar-refractivity contribution in [2.24, 2.45) is 10.2 Å². The summed E-state index contributed by atoms with van der Waals surface area (Å²) in [6, 6.07) is 10.3. The first-order valence-electron chi connectivity index (χ1n) is 12.0. The second-order valence-corrected chi connectivity index (χ2v) is 8.07. The highest BCUT2D eigenvalue weighted by molar-refractivity contribution is 5.87. The Bertz CT molecular complexity index is 976. The van der Waals surface area contributed by atoms with Gasteiger partial charge in [0.25, 0.3) is 0 Å². The number of ether oxygens (including phenoxy) is 2. The summed E-state index contributed by atoms with van der Waals surface area (Å²) in [5.41, 5.74) is 0.660. The number of carboxylic acid groups (broad SMARTS) is 1. The lowest BCUT2D eigenvalue weighted by atomic mass is 10.1. The van der Waals surface area contributed by atoms with Crippen molar-refractivity contribution < 1.29 is 28.6 Å². The Hall–Kier alpha value is -3.55. The van der Waals surface area contributed by atoms with E-state index in [9.17, 15) is 14.0 Å². The minimum Gasteiger partial charge on any atom is -0.493 e. The fourth-order valence-electron chi connectivity index (χ4n) is 3.30. The largest absolute Gasteiger partial charge is 0.493 e. The van der Waals surface area contributed by atoms with Gasteiger partial charge in [0.15, 0.2) is 5.82 Å². The molecule has 0 aliphatic heterocycles. The monoisotopic (exact) mass is 484 g/mol. The van der Waals surface area contributed by atoms with Crippen LogP contribution in [0.25, 0.3) is 0 Å². The summed E-state index contributed by atoms with van der Waals surface area (Å²) in [7, 11) is 0. The molecule has 0 bridgehead atoms. The zero-order valence-electron chi connectivity index (χ0n) is 20.0. The molecule has 2 aromatic rings. The molecule has 2 aromatic carbocycles. The molecule has 0 aliphatic rings. The van der Waals surface area contributed by atoms with E-state index < -0.39 is 11.8 Å². The SMILES string of the molecule is C=CC(=O)OCCCCCCCCCCCOc1ccc(N=Nc2ccc(C(=O)O)cc2)c(F)c1. The van der Waals surface area contributed by atoms with Gasteiger partial charge >= 0.3 is 11.9 Å². The van der Waals surface area contributed by atoms with Gasteiger partial charge in [-0.2, -0.15) is 5.11 Å². The maximum absolute atomic E-state index is 14.3. The predicted octanol–water partition coefficient (Wildman–Crippen LogP) is 7.56. The first kappa shape index (κ1) is 27.7. The summed E-state index contributed by atoms with van der Waals surface area (Å²) in [4.78, 5) is 21.8. The summed E-state index contributed by atoms with van der Waals surface area (Å²) in [6.45, 7) is 4.35. The number of azo groups is 1. The Balaban J connectivity index is 1.55. The number of halogens is 1. The van der Waals surface area contributed by atoms with Crippen molar-refractivity contribution in [1.82, 2.24) is 0 Å². The molecule has 0 saturated heterocycles. The van der Waals surface area contributed by atoms with Crippen LogP contribution in [-0.4, -0.2) is 30.3 Å². The van der Waals surface area contributed by atoms with E-state index in [1.807, 2.05) is 0 Å². The van der Waals surface area contributed by atoms with Crippen LogP contribution in [0.5, 0.6) is 5.75 Å². The Morgan fingerprint density at radius 1 is 0.857 bits per heavy atom. The van der Waals surface area contributed by atoms with E-state index in [1.54, 1.807) is 6.07 Å². The number of carbonyl (C=O) groups excluding carboxylic acids is 1. The molecule has 0 aliphatic carbocycles. The number of hydrogen-bond acceptors (Lipinski definition) is 6. The van der Waals surface area contributed by atoms with Crippen LogP contribution in [0.4, 0.5) is 15.8 Å². The van der Waals surface area contributed by atoms with Crippen molar-refractivity contribution in [3.8, 4) is 5.75 Å². The smallest absolute Gasteiger partial charge is 0.335 e. The fraction of sp³-hybridized carbons (Fsp3) is 0.407. The predicted molar refractivity (Wildman–Crippen MR) is 132 cm³/mol. The van der Waals surface area contributed by atoms with Crippen LogP contribution in [0.15, 0.2) is 65.3 Å². The van der Waals surface area contributed by atoms with Gasteiger partial charge in [-0.1, -0.05) is 51.5 Å². The quantitative estimate of drug-likeness (QED) is 0.108. The van der Waals surface area contributed by atoms with Crippen LogP contribution >= 0.6 is 0 Å². The average molecular weight is 485 g/mol. The summed E-state index contributed by atoms with van der Waals surface area (Å²) < 4.78 is 24.9. The maximum atomic E-state index is 14.3. The number of benzene rings is 2. The average Bonchev–Trinajstić information content (AvgIpc) is 2.86. The van der Waals surface area contributed by atoms with E-state index in [0.29, 0.717) is 24.7 Å². The number of carboxylic acids is 1. The van der Waals surface area contributed by atoms with Gasteiger partial charge in [-0.15, -0.1) is 5.11 Å².